The van der Waals surface area contributed by atoms with Crippen LogP contribution in [0.3, 0.4) is 0 Å². The number of methoxy groups -OCH3 is 2. The van der Waals surface area contributed by atoms with E-state index in [1.807, 2.05) is 54.6 Å². The third-order valence-corrected chi connectivity index (χ3v) is 4.24. The van der Waals surface area contributed by atoms with Gasteiger partial charge in [-0.2, -0.15) is 5.10 Å². The highest BCUT2D eigenvalue weighted by atomic mass is 35.5. The highest BCUT2D eigenvalue weighted by molar-refractivity contribution is 6.30. The summed E-state index contributed by atoms with van der Waals surface area (Å²) in [5, 5.41) is 4.91. The molecule has 1 N–H and O–H groups in total. The minimum atomic E-state index is 0.436. The summed E-state index contributed by atoms with van der Waals surface area (Å²) < 4.78 is 16.5. The molecule has 3 rings (SSSR count). The summed E-state index contributed by atoms with van der Waals surface area (Å²) in [4.78, 5) is 0. The molecule has 6 heteroatoms. The molecule has 0 aromatic heterocycles. The number of anilines is 1. The van der Waals surface area contributed by atoms with Crippen molar-refractivity contribution >= 4 is 23.5 Å². The molecule has 5 nitrogen and oxygen atoms in total. The van der Waals surface area contributed by atoms with Crippen LogP contribution in [-0.2, 0) is 6.61 Å². The van der Waals surface area contributed by atoms with Crippen LogP contribution in [-0.4, -0.2) is 20.4 Å². The van der Waals surface area contributed by atoms with E-state index in [4.69, 9.17) is 25.8 Å². The van der Waals surface area contributed by atoms with Crippen LogP contribution < -0.4 is 19.6 Å². The number of rotatable bonds is 8. The van der Waals surface area contributed by atoms with E-state index in [0.717, 1.165) is 22.6 Å². The second kappa shape index (κ2) is 9.67. The van der Waals surface area contributed by atoms with Crippen LogP contribution in [0, 0.1) is 0 Å². The molecule has 144 valence electrons. The highest BCUT2D eigenvalue weighted by Crippen LogP contribution is 2.28. The Bertz CT molecular complexity index is 926. The van der Waals surface area contributed by atoms with Crippen LogP contribution >= 0.6 is 11.6 Å². The molecule has 3 aromatic carbocycles. The Morgan fingerprint density at radius 1 is 0.893 bits per heavy atom. The first-order valence-electron chi connectivity index (χ1n) is 8.66. The van der Waals surface area contributed by atoms with Gasteiger partial charge < -0.3 is 14.2 Å². The van der Waals surface area contributed by atoms with Crippen LogP contribution in [0.2, 0.25) is 5.02 Å². The summed E-state index contributed by atoms with van der Waals surface area (Å²) in [6.45, 7) is 0.436. The molecule has 0 bridgehead atoms. The van der Waals surface area contributed by atoms with Crippen molar-refractivity contribution in [2.75, 3.05) is 19.6 Å². The molecule has 0 aliphatic carbocycles. The highest BCUT2D eigenvalue weighted by Gasteiger charge is 2.06. The molecule has 0 aliphatic heterocycles. The van der Waals surface area contributed by atoms with Crippen LogP contribution in [0.5, 0.6) is 17.2 Å². The van der Waals surface area contributed by atoms with Gasteiger partial charge in [-0.15, -0.1) is 0 Å². The molecule has 0 amide bonds. The van der Waals surface area contributed by atoms with E-state index in [1.54, 1.807) is 32.6 Å². The van der Waals surface area contributed by atoms with Gasteiger partial charge in [0, 0.05) is 5.02 Å². The van der Waals surface area contributed by atoms with Crippen LogP contribution in [0.25, 0.3) is 0 Å². The molecular weight excluding hydrogens is 376 g/mol. The standard InChI is InChI=1S/C22H21ClN2O3/c1-26-20-10-3-16(4-11-20)15-28-21-12-5-17(13-22(21)27-2)14-24-25-19-8-6-18(23)7-9-19/h3-14,25H,15H2,1-2H3. The second-order valence-electron chi connectivity index (χ2n) is 5.92. The van der Waals surface area contributed by atoms with Crippen LogP contribution in [0.4, 0.5) is 5.69 Å². The minimum Gasteiger partial charge on any atom is -0.497 e. The first-order valence-corrected chi connectivity index (χ1v) is 9.04. The fraction of sp³-hybridized carbons (Fsp3) is 0.136. The van der Waals surface area contributed by atoms with Gasteiger partial charge in [0.05, 0.1) is 26.1 Å². The lowest BCUT2D eigenvalue weighted by Gasteiger charge is -2.11. The summed E-state index contributed by atoms with van der Waals surface area (Å²) in [5.41, 5.74) is 5.74. The first-order chi connectivity index (χ1) is 13.7. The van der Waals surface area contributed by atoms with Crippen molar-refractivity contribution in [2.45, 2.75) is 6.61 Å². The summed E-state index contributed by atoms with van der Waals surface area (Å²) >= 11 is 5.87. The summed E-state index contributed by atoms with van der Waals surface area (Å²) in [6, 6.07) is 20.7. The van der Waals surface area contributed by atoms with E-state index in [1.165, 1.54) is 0 Å². The Kier molecular flexibility index (Phi) is 6.76. The molecule has 0 unspecified atom stereocenters. The number of nitrogens with zero attached hydrogens (tertiary/aromatic N) is 1. The molecule has 0 heterocycles. The van der Waals surface area contributed by atoms with Gasteiger partial charge in [-0.05, 0) is 65.7 Å². The maximum Gasteiger partial charge on any atom is 0.161 e. The molecule has 0 atom stereocenters. The fourth-order valence-corrected chi connectivity index (χ4v) is 2.60. The van der Waals surface area contributed by atoms with Crippen molar-refractivity contribution in [1.82, 2.24) is 0 Å². The molecule has 0 radical (unpaired) electrons. The molecule has 3 aromatic rings. The van der Waals surface area contributed by atoms with Crippen molar-refractivity contribution in [3.63, 3.8) is 0 Å². The molecule has 28 heavy (non-hydrogen) atoms. The Morgan fingerprint density at radius 2 is 1.64 bits per heavy atom. The molecule has 0 aliphatic rings. The monoisotopic (exact) mass is 396 g/mol. The minimum absolute atomic E-state index is 0.436. The topological polar surface area (TPSA) is 52.1 Å². The Balaban J connectivity index is 1.62. The lowest BCUT2D eigenvalue weighted by atomic mass is 10.2. The maximum atomic E-state index is 5.89. The van der Waals surface area contributed by atoms with Gasteiger partial charge in [-0.3, -0.25) is 5.43 Å². The van der Waals surface area contributed by atoms with Crippen LogP contribution in [0.15, 0.2) is 71.8 Å². The molecule has 0 spiro atoms. The van der Waals surface area contributed by atoms with E-state index in [-0.39, 0.29) is 0 Å². The number of halogens is 1. The van der Waals surface area contributed by atoms with Crippen molar-refractivity contribution in [1.29, 1.82) is 0 Å². The van der Waals surface area contributed by atoms with E-state index < -0.39 is 0 Å². The average Bonchev–Trinajstić information content (AvgIpc) is 2.74. The van der Waals surface area contributed by atoms with Gasteiger partial charge in [0.2, 0.25) is 0 Å². The third-order valence-electron chi connectivity index (χ3n) is 3.99. The van der Waals surface area contributed by atoms with E-state index in [0.29, 0.717) is 23.1 Å². The Hall–Kier alpha value is -3.18. The van der Waals surface area contributed by atoms with Gasteiger partial charge >= 0.3 is 0 Å². The summed E-state index contributed by atoms with van der Waals surface area (Å²) in [5.74, 6) is 2.13. The number of hydrogen-bond acceptors (Lipinski definition) is 5. The molecule has 0 saturated heterocycles. The SMILES string of the molecule is COc1ccc(COc2ccc(C=NNc3ccc(Cl)cc3)cc2OC)cc1. The van der Waals surface area contributed by atoms with Crippen molar-refractivity contribution in [3.8, 4) is 17.2 Å². The van der Waals surface area contributed by atoms with Crippen molar-refractivity contribution < 1.29 is 14.2 Å². The lowest BCUT2D eigenvalue weighted by molar-refractivity contribution is 0.284. The summed E-state index contributed by atoms with van der Waals surface area (Å²) in [6.07, 6.45) is 1.71. The number of nitrogens with one attached hydrogen (secondary N) is 1. The number of benzene rings is 3. The van der Waals surface area contributed by atoms with Gasteiger partial charge in [0.1, 0.15) is 12.4 Å². The van der Waals surface area contributed by atoms with Gasteiger partial charge in [0.25, 0.3) is 0 Å². The zero-order valence-electron chi connectivity index (χ0n) is 15.7. The number of hydrazone groups is 1. The maximum absolute atomic E-state index is 5.89. The van der Waals surface area contributed by atoms with E-state index >= 15 is 0 Å². The average molecular weight is 397 g/mol. The molecule has 0 saturated carbocycles. The predicted molar refractivity (Wildman–Crippen MR) is 113 cm³/mol. The summed E-state index contributed by atoms with van der Waals surface area (Å²) in [7, 11) is 3.26. The third kappa shape index (κ3) is 5.41. The van der Waals surface area contributed by atoms with Crippen molar-refractivity contribution in [3.05, 3.63) is 82.9 Å². The predicted octanol–water partition coefficient (Wildman–Crippen LogP) is 5.38. The van der Waals surface area contributed by atoms with E-state index in [9.17, 15) is 0 Å². The van der Waals surface area contributed by atoms with Gasteiger partial charge in [-0.25, -0.2) is 0 Å². The quantitative estimate of drug-likeness (QED) is 0.410. The van der Waals surface area contributed by atoms with Crippen molar-refractivity contribution in [2.24, 2.45) is 5.10 Å². The zero-order chi connectivity index (χ0) is 19.8. The largest absolute Gasteiger partial charge is 0.497 e. The lowest BCUT2D eigenvalue weighted by Crippen LogP contribution is -1.99. The zero-order valence-corrected chi connectivity index (χ0v) is 16.4. The number of hydrogen-bond donors (Lipinski definition) is 1. The normalized spacial score (nSPS) is 10.7. The molecule has 0 fully saturated rings. The van der Waals surface area contributed by atoms with Gasteiger partial charge in [-0.1, -0.05) is 23.7 Å². The number of ether oxygens (including phenoxy) is 3. The van der Waals surface area contributed by atoms with E-state index in [2.05, 4.69) is 10.5 Å². The Morgan fingerprint density at radius 3 is 2.32 bits per heavy atom. The molecular formula is C22H21ClN2O3. The second-order valence-corrected chi connectivity index (χ2v) is 6.36. The Labute approximate surface area is 169 Å². The van der Waals surface area contributed by atoms with Crippen LogP contribution in [0.1, 0.15) is 11.1 Å². The fourth-order valence-electron chi connectivity index (χ4n) is 2.47. The van der Waals surface area contributed by atoms with Gasteiger partial charge in [0.15, 0.2) is 11.5 Å². The first kappa shape index (κ1) is 19.6. The smallest absolute Gasteiger partial charge is 0.161 e.